The smallest absolute Gasteiger partial charge is 0.123 e. The van der Waals surface area contributed by atoms with Crippen molar-refractivity contribution < 1.29 is 5.11 Å². The lowest BCUT2D eigenvalue weighted by Gasteiger charge is -2.15. The van der Waals surface area contributed by atoms with Gasteiger partial charge < -0.3 is 10.4 Å². The number of aliphatic hydroxyl groups excluding tert-OH is 1. The molecule has 0 saturated carbocycles. The quantitative estimate of drug-likeness (QED) is 0.718. The summed E-state index contributed by atoms with van der Waals surface area (Å²) in [4.78, 5) is 4.09. The van der Waals surface area contributed by atoms with Crippen molar-refractivity contribution in [3.8, 4) is 0 Å². The Hall–Kier alpha value is -0.450. The van der Waals surface area contributed by atoms with Gasteiger partial charge in [-0.2, -0.15) is 0 Å². The third kappa shape index (κ3) is 1.50. The maximum Gasteiger partial charge on any atom is 0.123 e. The van der Waals surface area contributed by atoms with E-state index in [-0.39, 0.29) is 6.04 Å². The molecule has 1 fully saturated rings. The average Bonchev–Trinajstić information content (AvgIpc) is 2.77. The minimum atomic E-state index is -0.410. The van der Waals surface area contributed by atoms with Gasteiger partial charge in [0.1, 0.15) is 11.1 Å². The Kier molecular flexibility index (Phi) is 2.39. The van der Waals surface area contributed by atoms with Crippen LogP contribution in [0, 0.1) is 0 Å². The van der Waals surface area contributed by atoms with Crippen LogP contribution < -0.4 is 5.32 Å². The largest absolute Gasteiger partial charge is 0.384 e. The van der Waals surface area contributed by atoms with Gasteiger partial charge in [-0.1, -0.05) is 0 Å². The van der Waals surface area contributed by atoms with Gasteiger partial charge in [-0.15, -0.1) is 11.3 Å². The molecule has 1 unspecified atom stereocenters. The monoisotopic (exact) mass is 184 g/mol. The normalized spacial score (nSPS) is 25.9. The van der Waals surface area contributed by atoms with Crippen molar-refractivity contribution in [2.75, 3.05) is 6.54 Å². The van der Waals surface area contributed by atoms with E-state index >= 15 is 0 Å². The Bertz CT molecular complexity index is 231. The van der Waals surface area contributed by atoms with Crippen molar-refractivity contribution >= 4 is 11.3 Å². The van der Waals surface area contributed by atoms with Crippen molar-refractivity contribution in [1.29, 1.82) is 0 Å². The Balaban J connectivity index is 2.04. The first-order valence-corrected chi connectivity index (χ1v) is 5.07. The van der Waals surface area contributed by atoms with Crippen LogP contribution in [0.3, 0.4) is 0 Å². The molecule has 1 aliphatic rings. The highest BCUT2D eigenvalue weighted by molar-refractivity contribution is 7.09. The van der Waals surface area contributed by atoms with Crippen molar-refractivity contribution in [2.24, 2.45) is 0 Å². The van der Waals surface area contributed by atoms with Crippen LogP contribution in [0.5, 0.6) is 0 Å². The van der Waals surface area contributed by atoms with E-state index in [0.717, 1.165) is 24.4 Å². The molecule has 2 rings (SSSR count). The molecule has 1 aromatic rings. The number of rotatable bonds is 2. The average molecular weight is 184 g/mol. The van der Waals surface area contributed by atoms with E-state index in [1.54, 1.807) is 6.20 Å². The summed E-state index contributed by atoms with van der Waals surface area (Å²) >= 11 is 1.52. The van der Waals surface area contributed by atoms with Gasteiger partial charge in [-0.3, -0.25) is 0 Å². The molecule has 1 aliphatic heterocycles. The number of thiazole rings is 1. The van der Waals surface area contributed by atoms with E-state index in [2.05, 4.69) is 10.3 Å². The second kappa shape index (κ2) is 3.51. The zero-order valence-electron chi connectivity index (χ0n) is 6.73. The first-order valence-electron chi connectivity index (χ1n) is 4.19. The molecule has 66 valence electrons. The fraction of sp³-hybridized carbons (Fsp3) is 0.625. The van der Waals surface area contributed by atoms with Crippen LogP contribution >= 0.6 is 11.3 Å². The molecule has 4 heteroatoms. The predicted molar refractivity (Wildman–Crippen MR) is 48.1 cm³/mol. The van der Waals surface area contributed by atoms with E-state index < -0.39 is 6.10 Å². The lowest BCUT2D eigenvalue weighted by molar-refractivity contribution is 0.137. The first-order chi connectivity index (χ1) is 5.88. The van der Waals surface area contributed by atoms with Gasteiger partial charge in [0.25, 0.3) is 0 Å². The third-order valence-electron chi connectivity index (χ3n) is 2.18. The zero-order valence-corrected chi connectivity index (χ0v) is 7.55. The molecule has 12 heavy (non-hydrogen) atoms. The summed E-state index contributed by atoms with van der Waals surface area (Å²) < 4.78 is 0. The molecule has 0 aromatic carbocycles. The minimum Gasteiger partial charge on any atom is -0.384 e. The summed E-state index contributed by atoms with van der Waals surface area (Å²) in [6.07, 6.45) is 3.54. The SMILES string of the molecule is OC(c1nccs1)[C@@H]1CCCN1. The number of hydrogen-bond acceptors (Lipinski definition) is 4. The molecule has 0 aliphatic carbocycles. The van der Waals surface area contributed by atoms with E-state index in [0.29, 0.717) is 0 Å². The van der Waals surface area contributed by atoms with Crippen molar-refractivity contribution in [1.82, 2.24) is 10.3 Å². The van der Waals surface area contributed by atoms with Crippen LogP contribution in [0.2, 0.25) is 0 Å². The lowest BCUT2D eigenvalue weighted by Crippen LogP contribution is -2.28. The Morgan fingerprint density at radius 1 is 1.75 bits per heavy atom. The second-order valence-electron chi connectivity index (χ2n) is 3.02. The highest BCUT2D eigenvalue weighted by Gasteiger charge is 2.25. The highest BCUT2D eigenvalue weighted by Crippen LogP contribution is 2.23. The van der Waals surface area contributed by atoms with Crippen LogP contribution in [0.1, 0.15) is 24.0 Å². The molecular formula is C8H12N2OS. The van der Waals surface area contributed by atoms with Crippen molar-refractivity contribution in [2.45, 2.75) is 25.0 Å². The van der Waals surface area contributed by atoms with Gasteiger partial charge in [-0.05, 0) is 19.4 Å². The van der Waals surface area contributed by atoms with Crippen LogP contribution in [-0.4, -0.2) is 22.7 Å². The summed E-state index contributed by atoms with van der Waals surface area (Å²) in [6, 6.07) is 0.219. The van der Waals surface area contributed by atoms with Crippen LogP contribution in [0.15, 0.2) is 11.6 Å². The fourth-order valence-corrected chi connectivity index (χ4v) is 2.22. The van der Waals surface area contributed by atoms with E-state index in [1.165, 1.54) is 11.3 Å². The van der Waals surface area contributed by atoms with Crippen molar-refractivity contribution in [3.63, 3.8) is 0 Å². The highest BCUT2D eigenvalue weighted by atomic mass is 32.1. The van der Waals surface area contributed by atoms with Gasteiger partial charge in [0.2, 0.25) is 0 Å². The molecule has 0 spiro atoms. The van der Waals surface area contributed by atoms with Crippen LogP contribution in [-0.2, 0) is 0 Å². The number of aromatic nitrogens is 1. The minimum absolute atomic E-state index is 0.219. The number of nitrogens with one attached hydrogen (secondary N) is 1. The third-order valence-corrected chi connectivity index (χ3v) is 3.03. The summed E-state index contributed by atoms with van der Waals surface area (Å²) in [7, 11) is 0. The summed E-state index contributed by atoms with van der Waals surface area (Å²) in [5.41, 5.74) is 0. The number of aliphatic hydroxyl groups is 1. The van der Waals surface area contributed by atoms with E-state index in [1.807, 2.05) is 5.38 Å². The summed E-state index contributed by atoms with van der Waals surface area (Å²) in [6.45, 7) is 1.02. The Morgan fingerprint density at radius 2 is 2.67 bits per heavy atom. The van der Waals surface area contributed by atoms with Crippen LogP contribution in [0.25, 0.3) is 0 Å². The topological polar surface area (TPSA) is 45.2 Å². The number of hydrogen-bond donors (Lipinski definition) is 2. The van der Waals surface area contributed by atoms with Gasteiger partial charge in [0, 0.05) is 17.6 Å². The molecule has 0 bridgehead atoms. The molecule has 2 atom stereocenters. The van der Waals surface area contributed by atoms with Crippen molar-refractivity contribution in [3.05, 3.63) is 16.6 Å². The fourth-order valence-electron chi connectivity index (χ4n) is 1.53. The Labute approximate surface area is 75.5 Å². The summed E-state index contributed by atoms with van der Waals surface area (Å²) in [5, 5.41) is 15.8. The Morgan fingerprint density at radius 3 is 3.25 bits per heavy atom. The maximum atomic E-state index is 9.79. The van der Waals surface area contributed by atoms with Crippen LogP contribution in [0.4, 0.5) is 0 Å². The maximum absolute atomic E-state index is 9.79. The van der Waals surface area contributed by atoms with Gasteiger partial charge in [0.05, 0.1) is 0 Å². The molecule has 3 nitrogen and oxygen atoms in total. The van der Waals surface area contributed by atoms with Gasteiger partial charge in [0.15, 0.2) is 0 Å². The molecule has 1 aromatic heterocycles. The van der Waals surface area contributed by atoms with Gasteiger partial charge in [-0.25, -0.2) is 4.98 Å². The predicted octanol–water partition coefficient (Wildman–Crippen LogP) is 0.929. The standard InChI is InChI=1S/C8H12N2OS/c11-7(6-2-1-3-9-6)8-10-4-5-12-8/h4-7,9,11H,1-3H2/t6-,7?/m0/s1. The van der Waals surface area contributed by atoms with Gasteiger partial charge >= 0.3 is 0 Å². The molecule has 0 amide bonds. The first kappa shape index (κ1) is 8.16. The second-order valence-corrected chi connectivity index (χ2v) is 3.94. The lowest BCUT2D eigenvalue weighted by atomic mass is 10.1. The summed E-state index contributed by atoms with van der Waals surface area (Å²) in [5.74, 6) is 0. The molecule has 2 heterocycles. The molecular weight excluding hydrogens is 172 g/mol. The number of nitrogens with zero attached hydrogens (tertiary/aromatic N) is 1. The molecule has 1 saturated heterocycles. The van der Waals surface area contributed by atoms with E-state index in [9.17, 15) is 5.11 Å². The zero-order chi connectivity index (χ0) is 8.39. The molecule has 0 radical (unpaired) electrons. The molecule has 2 N–H and O–H groups in total. The van der Waals surface area contributed by atoms with E-state index in [4.69, 9.17) is 0 Å².